The number of hydrogen-bond donors (Lipinski definition) is 2. The van der Waals surface area contributed by atoms with Crippen LogP contribution in [0.5, 0.6) is 11.5 Å². The smallest absolute Gasteiger partial charge is 0.323 e. The molecule has 2 aromatic carbocycles. The molecule has 0 saturated carbocycles. The predicted molar refractivity (Wildman–Crippen MR) is 111 cm³/mol. The van der Waals surface area contributed by atoms with Crippen molar-refractivity contribution in [3.8, 4) is 11.5 Å². The largest absolute Gasteiger partial charge is 0.454 e. The molecule has 0 amide bonds. The van der Waals surface area contributed by atoms with Gasteiger partial charge in [-0.25, -0.2) is 4.79 Å². The van der Waals surface area contributed by atoms with Crippen LogP contribution in [-0.2, 0) is 6.54 Å². The average molecular weight is 405 g/mol. The maximum absolute atomic E-state index is 13.1. The molecule has 2 N–H and O–H groups in total. The van der Waals surface area contributed by atoms with Crippen molar-refractivity contribution in [3.05, 3.63) is 81.5 Å². The van der Waals surface area contributed by atoms with Crippen LogP contribution in [-0.4, -0.2) is 40.5 Å². The minimum Gasteiger partial charge on any atom is -0.454 e. The molecule has 7 heteroatoms. The SMILES string of the molecule is O=C(c1ccc2c(c1)OCO2)c1[nH]c(=O)[nH]c1CN1CCC(c2ccccc2)CC1. The second-order valence-electron chi connectivity index (χ2n) is 7.79. The summed E-state index contributed by atoms with van der Waals surface area (Å²) >= 11 is 0. The number of H-pyrrole nitrogens is 2. The first-order valence-corrected chi connectivity index (χ1v) is 10.2. The molecule has 30 heavy (non-hydrogen) atoms. The molecule has 0 unspecified atom stereocenters. The number of rotatable bonds is 5. The normalized spacial score (nSPS) is 16.7. The summed E-state index contributed by atoms with van der Waals surface area (Å²) in [6.45, 7) is 2.53. The van der Waals surface area contributed by atoms with E-state index in [9.17, 15) is 9.59 Å². The Labute approximate surface area is 173 Å². The van der Waals surface area contributed by atoms with E-state index in [1.54, 1.807) is 18.2 Å². The molecule has 5 rings (SSSR count). The van der Waals surface area contributed by atoms with Crippen molar-refractivity contribution >= 4 is 5.78 Å². The fraction of sp³-hybridized carbons (Fsp3) is 0.304. The number of likely N-dealkylation sites (tertiary alicyclic amines) is 1. The Kier molecular flexibility index (Phi) is 4.88. The van der Waals surface area contributed by atoms with Crippen molar-refractivity contribution in [1.82, 2.24) is 14.9 Å². The number of fused-ring (bicyclic) bond motifs is 1. The van der Waals surface area contributed by atoms with Crippen molar-refractivity contribution < 1.29 is 14.3 Å². The quantitative estimate of drug-likeness (QED) is 0.637. The molecular weight excluding hydrogens is 382 g/mol. The molecule has 1 fully saturated rings. The molecule has 0 spiro atoms. The van der Waals surface area contributed by atoms with Crippen molar-refractivity contribution in [2.24, 2.45) is 0 Å². The number of piperidine rings is 1. The molecule has 2 aliphatic rings. The van der Waals surface area contributed by atoms with E-state index < -0.39 is 0 Å². The third-order valence-corrected chi connectivity index (χ3v) is 5.91. The highest BCUT2D eigenvalue weighted by Gasteiger charge is 2.25. The van der Waals surface area contributed by atoms with Gasteiger partial charge in [0, 0.05) is 12.1 Å². The summed E-state index contributed by atoms with van der Waals surface area (Å²) in [6, 6.07) is 15.6. The maximum atomic E-state index is 13.1. The first-order valence-electron chi connectivity index (χ1n) is 10.2. The van der Waals surface area contributed by atoms with Gasteiger partial charge in [0.2, 0.25) is 12.6 Å². The Morgan fingerprint density at radius 2 is 1.77 bits per heavy atom. The molecule has 2 aliphatic heterocycles. The monoisotopic (exact) mass is 405 g/mol. The number of hydrogen-bond acceptors (Lipinski definition) is 5. The average Bonchev–Trinajstić information content (AvgIpc) is 3.40. The minimum atomic E-state index is -0.367. The maximum Gasteiger partial charge on any atom is 0.323 e. The van der Waals surface area contributed by atoms with E-state index in [4.69, 9.17) is 9.47 Å². The molecule has 7 nitrogen and oxygen atoms in total. The van der Waals surface area contributed by atoms with Crippen LogP contribution in [0.4, 0.5) is 0 Å². The molecule has 1 saturated heterocycles. The molecule has 0 radical (unpaired) electrons. The Bertz CT molecular complexity index is 1110. The molecular formula is C23H23N3O4. The van der Waals surface area contributed by atoms with Gasteiger partial charge in [0.15, 0.2) is 11.5 Å². The summed E-state index contributed by atoms with van der Waals surface area (Å²) in [5.74, 6) is 1.49. The summed E-state index contributed by atoms with van der Waals surface area (Å²) in [6.07, 6.45) is 2.12. The van der Waals surface area contributed by atoms with Crippen LogP contribution in [0.1, 0.15) is 46.1 Å². The summed E-state index contributed by atoms with van der Waals surface area (Å²) in [5.41, 5.74) is 2.41. The molecule has 0 aliphatic carbocycles. The lowest BCUT2D eigenvalue weighted by Gasteiger charge is -2.32. The number of ether oxygens (including phenoxy) is 2. The van der Waals surface area contributed by atoms with Gasteiger partial charge in [-0.15, -0.1) is 0 Å². The van der Waals surface area contributed by atoms with E-state index in [-0.39, 0.29) is 18.3 Å². The zero-order valence-electron chi connectivity index (χ0n) is 16.5. The summed E-state index contributed by atoms with van der Waals surface area (Å²) in [7, 11) is 0. The number of carbonyl (C=O) groups is 1. The number of aromatic amines is 2. The van der Waals surface area contributed by atoms with Gasteiger partial charge >= 0.3 is 5.69 Å². The Hall–Kier alpha value is -3.32. The van der Waals surface area contributed by atoms with Crippen molar-refractivity contribution in [3.63, 3.8) is 0 Å². The lowest BCUT2D eigenvalue weighted by Crippen LogP contribution is -2.33. The molecule has 154 valence electrons. The van der Waals surface area contributed by atoms with E-state index in [1.807, 2.05) is 6.07 Å². The highest BCUT2D eigenvalue weighted by molar-refractivity contribution is 6.08. The van der Waals surface area contributed by atoms with Crippen molar-refractivity contribution in [2.75, 3.05) is 19.9 Å². The fourth-order valence-corrected chi connectivity index (χ4v) is 4.29. The number of ketones is 1. The van der Waals surface area contributed by atoms with Crippen LogP contribution >= 0.6 is 0 Å². The zero-order valence-corrected chi connectivity index (χ0v) is 16.5. The number of aromatic nitrogens is 2. The van der Waals surface area contributed by atoms with E-state index in [0.717, 1.165) is 25.9 Å². The molecule has 1 aromatic heterocycles. The summed E-state index contributed by atoms with van der Waals surface area (Å²) < 4.78 is 10.7. The van der Waals surface area contributed by atoms with Gasteiger partial charge in [-0.2, -0.15) is 0 Å². The van der Waals surface area contributed by atoms with Crippen LogP contribution in [0, 0.1) is 0 Å². The molecule has 3 aromatic rings. The number of nitrogens with one attached hydrogen (secondary N) is 2. The first-order chi connectivity index (χ1) is 14.7. The van der Waals surface area contributed by atoms with Crippen LogP contribution in [0.2, 0.25) is 0 Å². The van der Waals surface area contributed by atoms with E-state index in [2.05, 4.69) is 39.1 Å². The predicted octanol–water partition coefficient (Wildman–Crippen LogP) is 3.04. The van der Waals surface area contributed by atoms with Crippen molar-refractivity contribution in [2.45, 2.75) is 25.3 Å². The van der Waals surface area contributed by atoms with Gasteiger partial charge in [0.25, 0.3) is 0 Å². The Morgan fingerprint density at radius 1 is 1.00 bits per heavy atom. The van der Waals surface area contributed by atoms with Gasteiger partial charge in [-0.3, -0.25) is 9.69 Å². The number of nitrogens with zero attached hydrogens (tertiary/aromatic N) is 1. The van der Waals surface area contributed by atoms with Crippen LogP contribution in [0.3, 0.4) is 0 Å². The van der Waals surface area contributed by atoms with E-state index in [1.165, 1.54) is 5.56 Å². The summed E-state index contributed by atoms with van der Waals surface area (Å²) in [5, 5.41) is 0. The minimum absolute atomic E-state index is 0.151. The Morgan fingerprint density at radius 3 is 2.57 bits per heavy atom. The number of carbonyl (C=O) groups excluding carboxylic acids is 1. The first kappa shape index (κ1) is 18.7. The van der Waals surface area contributed by atoms with E-state index >= 15 is 0 Å². The molecule has 0 atom stereocenters. The highest BCUT2D eigenvalue weighted by atomic mass is 16.7. The van der Waals surface area contributed by atoms with Crippen molar-refractivity contribution in [1.29, 1.82) is 0 Å². The topological polar surface area (TPSA) is 87.4 Å². The highest BCUT2D eigenvalue weighted by Crippen LogP contribution is 2.33. The third-order valence-electron chi connectivity index (χ3n) is 5.91. The van der Waals surface area contributed by atoms with E-state index in [0.29, 0.717) is 40.9 Å². The summed E-state index contributed by atoms with van der Waals surface area (Å²) in [4.78, 5) is 32.8. The lowest BCUT2D eigenvalue weighted by atomic mass is 9.89. The van der Waals surface area contributed by atoms with Gasteiger partial charge < -0.3 is 19.4 Å². The van der Waals surface area contributed by atoms with Gasteiger partial charge in [0.1, 0.15) is 5.69 Å². The second-order valence-corrected chi connectivity index (χ2v) is 7.79. The lowest BCUT2D eigenvalue weighted by molar-refractivity contribution is 0.103. The number of benzene rings is 2. The van der Waals surface area contributed by atoms with Gasteiger partial charge in [-0.1, -0.05) is 30.3 Å². The zero-order chi connectivity index (χ0) is 20.5. The third kappa shape index (κ3) is 3.64. The van der Waals surface area contributed by atoms with Gasteiger partial charge in [0.05, 0.1) is 5.69 Å². The fourth-order valence-electron chi connectivity index (χ4n) is 4.29. The van der Waals surface area contributed by atoms with Gasteiger partial charge in [-0.05, 0) is 55.6 Å². The van der Waals surface area contributed by atoms with Crippen LogP contribution in [0.15, 0.2) is 53.3 Å². The van der Waals surface area contributed by atoms with Crippen LogP contribution in [0.25, 0.3) is 0 Å². The standard InChI is InChI=1S/C23H23N3O4/c27-22(17-6-7-19-20(12-17)30-14-29-19)21-18(24-23(28)25-21)13-26-10-8-16(9-11-26)15-4-2-1-3-5-15/h1-7,12,16H,8-11,13-14H2,(H2,24,25,28). The second kappa shape index (κ2) is 7.84. The molecule has 3 heterocycles. The molecule has 0 bridgehead atoms. The number of imidazole rings is 1. The Balaban J connectivity index is 1.30. The van der Waals surface area contributed by atoms with Crippen LogP contribution < -0.4 is 15.2 Å².